The van der Waals surface area contributed by atoms with Gasteiger partial charge in [-0.25, -0.2) is 0 Å². The molecule has 0 unspecified atom stereocenters. The second-order valence-corrected chi connectivity index (χ2v) is 3.64. The van der Waals surface area contributed by atoms with Gasteiger partial charge in [-0.3, -0.25) is 0 Å². The Hall–Kier alpha value is -0.820. The summed E-state index contributed by atoms with van der Waals surface area (Å²) in [5.74, 6) is 0. The molecule has 0 aromatic heterocycles. The molecule has 12 heavy (non-hydrogen) atoms. The van der Waals surface area contributed by atoms with Gasteiger partial charge in [0.25, 0.3) is 0 Å². The van der Waals surface area contributed by atoms with E-state index in [0.717, 1.165) is 12.6 Å². The van der Waals surface area contributed by atoms with Crippen LogP contribution in [-0.4, -0.2) is 6.04 Å². The minimum absolute atomic E-state index is 0.811. The first-order valence-electron chi connectivity index (χ1n) is 4.63. The SMILES string of the molecule is Cc1ccc(CNC2CC2)cc1. The van der Waals surface area contributed by atoms with Crippen molar-refractivity contribution in [3.05, 3.63) is 35.4 Å². The summed E-state index contributed by atoms with van der Waals surface area (Å²) in [6.07, 6.45) is 2.73. The summed E-state index contributed by atoms with van der Waals surface area (Å²) in [7, 11) is 0. The van der Waals surface area contributed by atoms with Crippen LogP contribution in [-0.2, 0) is 6.54 Å². The van der Waals surface area contributed by atoms with Gasteiger partial charge < -0.3 is 5.32 Å². The summed E-state index contributed by atoms with van der Waals surface area (Å²) < 4.78 is 0. The van der Waals surface area contributed by atoms with Crippen LogP contribution in [0.1, 0.15) is 24.0 Å². The van der Waals surface area contributed by atoms with Gasteiger partial charge in [-0.2, -0.15) is 0 Å². The molecule has 0 radical (unpaired) electrons. The predicted molar refractivity (Wildman–Crippen MR) is 51.0 cm³/mol. The lowest BCUT2D eigenvalue weighted by molar-refractivity contribution is 0.688. The van der Waals surface area contributed by atoms with Crippen molar-refractivity contribution in [1.29, 1.82) is 0 Å². The van der Waals surface area contributed by atoms with Crippen molar-refractivity contribution in [3.8, 4) is 0 Å². The molecule has 1 aromatic carbocycles. The molecule has 0 saturated heterocycles. The molecule has 0 bridgehead atoms. The first kappa shape index (κ1) is 7.81. The van der Waals surface area contributed by atoms with Crippen LogP contribution in [0.4, 0.5) is 0 Å². The Morgan fingerprint density at radius 1 is 1.25 bits per heavy atom. The third kappa shape index (κ3) is 2.08. The zero-order valence-corrected chi connectivity index (χ0v) is 7.51. The lowest BCUT2D eigenvalue weighted by atomic mass is 10.1. The Morgan fingerprint density at radius 3 is 2.50 bits per heavy atom. The molecule has 0 atom stereocenters. The normalized spacial score (nSPS) is 16.4. The highest BCUT2D eigenvalue weighted by Crippen LogP contribution is 2.19. The molecule has 0 amide bonds. The van der Waals surface area contributed by atoms with Crippen molar-refractivity contribution < 1.29 is 0 Å². The highest BCUT2D eigenvalue weighted by molar-refractivity contribution is 5.21. The van der Waals surface area contributed by atoms with Crippen molar-refractivity contribution in [2.45, 2.75) is 32.4 Å². The van der Waals surface area contributed by atoms with Gasteiger partial charge in [-0.15, -0.1) is 0 Å². The molecule has 1 aliphatic rings. The fraction of sp³-hybridized carbons (Fsp3) is 0.455. The van der Waals surface area contributed by atoms with E-state index < -0.39 is 0 Å². The largest absolute Gasteiger partial charge is 0.310 e. The van der Waals surface area contributed by atoms with Crippen molar-refractivity contribution in [3.63, 3.8) is 0 Å². The van der Waals surface area contributed by atoms with Crippen LogP contribution in [0.25, 0.3) is 0 Å². The maximum absolute atomic E-state index is 3.49. The Labute approximate surface area is 73.8 Å². The molecule has 1 N–H and O–H groups in total. The monoisotopic (exact) mass is 161 g/mol. The van der Waals surface area contributed by atoms with E-state index in [0.29, 0.717) is 0 Å². The van der Waals surface area contributed by atoms with Crippen LogP contribution in [0.2, 0.25) is 0 Å². The third-order valence-corrected chi connectivity index (χ3v) is 2.29. The van der Waals surface area contributed by atoms with Gasteiger partial charge in [0.1, 0.15) is 0 Å². The predicted octanol–water partition coefficient (Wildman–Crippen LogP) is 2.25. The van der Waals surface area contributed by atoms with E-state index in [4.69, 9.17) is 0 Å². The quantitative estimate of drug-likeness (QED) is 0.717. The summed E-state index contributed by atoms with van der Waals surface area (Å²) in [4.78, 5) is 0. The van der Waals surface area contributed by atoms with Crippen LogP contribution >= 0.6 is 0 Å². The van der Waals surface area contributed by atoms with Gasteiger partial charge in [0.05, 0.1) is 0 Å². The summed E-state index contributed by atoms with van der Waals surface area (Å²) in [6, 6.07) is 9.55. The highest BCUT2D eigenvalue weighted by Gasteiger charge is 2.19. The summed E-state index contributed by atoms with van der Waals surface area (Å²) in [5, 5.41) is 3.49. The van der Waals surface area contributed by atoms with Crippen molar-refractivity contribution in [2.24, 2.45) is 0 Å². The lowest BCUT2D eigenvalue weighted by Gasteiger charge is -2.02. The number of nitrogens with one attached hydrogen (secondary N) is 1. The summed E-state index contributed by atoms with van der Waals surface area (Å²) in [6.45, 7) is 3.16. The lowest BCUT2D eigenvalue weighted by Crippen LogP contribution is -2.14. The maximum Gasteiger partial charge on any atom is 0.0208 e. The van der Waals surface area contributed by atoms with E-state index >= 15 is 0 Å². The first-order valence-corrected chi connectivity index (χ1v) is 4.63. The molecule has 0 heterocycles. The smallest absolute Gasteiger partial charge is 0.0208 e. The number of benzene rings is 1. The van der Waals surface area contributed by atoms with E-state index in [1.807, 2.05) is 0 Å². The molecule has 1 heteroatoms. The van der Waals surface area contributed by atoms with Crippen molar-refractivity contribution in [2.75, 3.05) is 0 Å². The van der Waals surface area contributed by atoms with Crippen molar-refractivity contribution in [1.82, 2.24) is 5.32 Å². The number of hydrogen-bond acceptors (Lipinski definition) is 1. The standard InChI is InChI=1S/C11H15N/c1-9-2-4-10(5-3-9)8-12-11-6-7-11/h2-5,11-12H,6-8H2,1H3. The van der Waals surface area contributed by atoms with Crippen LogP contribution in [0.5, 0.6) is 0 Å². The molecule has 1 aromatic rings. The topological polar surface area (TPSA) is 12.0 Å². The average molecular weight is 161 g/mol. The summed E-state index contributed by atoms with van der Waals surface area (Å²) >= 11 is 0. The van der Waals surface area contributed by atoms with Crippen molar-refractivity contribution >= 4 is 0 Å². The molecule has 1 nitrogen and oxygen atoms in total. The van der Waals surface area contributed by atoms with Crippen LogP contribution in [0, 0.1) is 6.92 Å². The van der Waals surface area contributed by atoms with E-state index in [1.165, 1.54) is 24.0 Å². The average Bonchev–Trinajstić information content (AvgIpc) is 2.87. The number of hydrogen-bond donors (Lipinski definition) is 1. The summed E-state index contributed by atoms with van der Waals surface area (Å²) in [5.41, 5.74) is 2.73. The molecule has 1 saturated carbocycles. The molecular weight excluding hydrogens is 146 g/mol. The maximum atomic E-state index is 3.49. The Kier molecular flexibility index (Phi) is 2.13. The molecule has 1 aliphatic carbocycles. The second-order valence-electron chi connectivity index (χ2n) is 3.64. The second kappa shape index (κ2) is 3.28. The van der Waals surface area contributed by atoms with E-state index in [-0.39, 0.29) is 0 Å². The van der Waals surface area contributed by atoms with E-state index in [1.54, 1.807) is 0 Å². The first-order chi connectivity index (χ1) is 5.84. The molecular formula is C11H15N. The minimum Gasteiger partial charge on any atom is -0.310 e. The van der Waals surface area contributed by atoms with Crippen LogP contribution in [0.15, 0.2) is 24.3 Å². The zero-order chi connectivity index (χ0) is 8.39. The molecule has 0 aliphatic heterocycles. The molecule has 2 rings (SSSR count). The zero-order valence-electron chi connectivity index (χ0n) is 7.51. The highest BCUT2D eigenvalue weighted by atomic mass is 14.9. The molecule has 64 valence electrons. The minimum atomic E-state index is 0.811. The van der Waals surface area contributed by atoms with Crippen LogP contribution < -0.4 is 5.32 Å². The Morgan fingerprint density at radius 2 is 1.92 bits per heavy atom. The Balaban J connectivity index is 1.89. The van der Waals surface area contributed by atoms with Gasteiger partial charge in [-0.05, 0) is 25.3 Å². The fourth-order valence-corrected chi connectivity index (χ4v) is 1.26. The van der Waals surface area contributed by atoms with Gasteiger partial charge in [0.15, 0.2) is 0 Å². The fourth-order valence-electron chi connectivity index (χ4n) is 1.26. The number of rotatable bonds is 3. The van der Waals surface area contributed by atoms with E-state index in [2.05, 4.69) is 36.5 Å². The molecule has 1 fully saturated rings. The van der Waals surface area contributed by atoms with Gasteiger partial charge in [0.2, 0.25) is 0 Å². The van der Waals surface area contributed by atoms with Gasteiger partial charge in [0, 0.05) is 12.6 Å². The van der Waals surface area contributed by atoms with Gasteiger partial charge >= 0.3 is 0 Å². The Bertz CT molecular complexity index is 246. The molecule has 0 spiro atoms. The third-order valence-electron chi connectivity index (χ3n) is 2.29. The number of aryl methyl sites for hydroxylation is 1. The van der Waals surface area contributed by atoms with Crippen LogP contribution in [0.3, 0.4) is 0 Å². The van der Waals surface area contributed by atoms with E-state index in [9.17, 15) is 0 Å². The van der Waals surface area contributed by atoms with Gasteiger partial charge in [-0.1, -0.05) is 29.8 Å².